The fourth-order valence-electron chi connectivity index (χ4n) is 4.10. The van der Waals surface area contributed by atoms with Crippen molar-refractivity contribution in [2.75, 3.05) is 13.1 Å². The Morgan fingerprint density at radius 1 is 1.14 bits per heavy atom. The minimum atomic E-state index is -0.232. The van der Waals surface area contributed by atoms with Crippen LogP contribution >= 0.6 is 0 Å². The summed E-state index contributed by atoms with van der Waals surface area (Å²) in [5.41, 5.74) is 5.34. The molecule has 3 aromatic rings. The Morgan fingerprint density at radius 3 is 2.72 bits per heavy atom. The number of piperidine rings is 1. The van der Waals surface area contributed by atoms with Crippen molar-refractivity contribution >= 4 is 0 Å². The van der Waals surface area contributed by atoms with Crippen LogP contribution in [0.15, 0.2) is 48.7 Å². The van der Waals surface area contributed by atoms with Crippen LogP contribution in [0.1, 0.15) is 35.5 Å². The molecule has 1 aromatic carbocycles. The number of nitrogens with one attached hydrogen (secondary N) is 1. The Labute approximate surface area is 171 Å². The van der Waals surface area contributed by atoms with E-state index in [2.05, 4.69) is 33.3 Å². The number of benzene rings is 1. The molecule has 1 N–H and O–H groups in total. The average molecular weight is 394 g/mol. The normalized spacial score (nSPS) is 17.6. The predicted octanol–water partition coefficient (Wildman–Crippen LogP) is 3.78. The van der Waals surface area contributed by atoms with E-state index in [0.717, 1.165) is 48.9 Å². The molecule has 1 atom stereocenters. The van der Waals surface area contributed by atoms with Gasteiger partial charge in [-0.25, -0.2) is 9.07 Å². The van der Waals surface area contributed by atoms with Gasteiger partial charge in [0.1, 0.15) is 5.82 Å². The van der Waals surface area contributed by atoms with Gasteiger partial charge in [-0.05, 0) is 69.6 Å². The molecule has 1 fully saturated rings. The molecule has 5 nitrogen and oxygen atoms in total. The standard InChI is InChI=1S/C23H28FN5/c1-17-23(18(2)29(27-17)22-10-8-19(24)9-11-22)14-26-21-7-5-13-28(16-21)15-20-6-3-4-12-25-20/h3-4,6,8-12,21,26H,5,7,13-16H2,1-2H3. The maximum Gasteiger partial charge on any atom is 0.123 e. The molecular formula is C23H28FN5. The first-order valence-electron chi connectivity index (χ1n) is 10.3. The van der Waals surface area contributed by atoms with Gasteiger partial charge in [0.25, 0.3) is 0 Å². The predicted molar refractivity (Wildman–Crippen MR) is 112 cm³/mol. The van der Waals surface area contributed by atoms with Gasteiger partial charge >= 0.3 is 0 Å². The monoisotopic (exact) mass is 393 g/mol. The number of rotatable bonds is 6. The van der Waals surface area contributed by atoms with E-state index < -0.39 is 0 Å². The molecule has 4 rings (SSSR count). The number of nitrogens with zero attached hydrogens (tertiary/aromatic N) is 4. The molecule has 0 saturated carbocycles. The molecule has 0 bridgehead atoms. The lowest BCUT2D eigenvalue weighted by Gasteiger charge is -2.33. The van der Waals surface area contributed by atoms with E-state index in [-0.39, 0.29) is 5.82 Å². The number of hydrogen-bond donors (Lipinski definition) is 1. The molecule has 1 aliphatic rings. The topological polar surface area (TPSA) is 46.0 Å². The van der Waals surface area contributed by atoms with Crippen molar-refractivity contribution in [3.8, 4) is 5.69 Å². The Balaban J connectivity index is 1.39. The molecule has 2 aromatic heterocycles. The Hall–Kier alpha value is -2.57. The van der Waals surface area contributed by atoms with Gasteiger partial charge in [-0.15, -0.1) is 0 Å². The number of pyridine rings is 1. The van der Waals surface area contributed by atoms with Crippen molar-refractivity contribution in [1.82, 2.24) is 25.0 Å². The van der Waals surface area contributed by atoms with Gasteiger partial charge < -0.3 is 5.32 Å². The van der Waals surface area contributed by atoms with E-state index >= 15 is 0 Å². The molecule has 0 amide bonds. The number of likely N-dealkylation sites (tertiary alicyclic amines) is 1. The van der Waals surface area contributed by atoms with Crippen LogP contribution in [0.3, 0.4) is 0 Å². The van der Waals surface area contributed by atoms with E-state index in [1.54, 1.807) is 12.1 Å². The number of hydrogen-bond acceptors (Lipinski definition) is 4. The van der Waals surface area contributed by atoms with Crippen LogP contribution in [-0.2, 0) is 13.1 Å². The molecule has 29 heavy (non-hydrogen) atoms. The van der Waals surface area contributed by atoms with Crippen LogP contribution in [0, 0.1) is 19.7 Å². The molecule has 1 unspecified atom stereocenters. The van der Waals surface area contributed by atoms with Crippen molar-refractivity contribution < 1.29 is 4.39 Å². The van der Waals surface area contributed by atoms with E-state index in [1.807, 2.05) is 29.9 Å². The summed E-state index contributed by atoms with van der Waals surface area (Å²) in [4.78, 5) is 6.93. The van der Waals surface area contributed by atoms with Crippen molar-refractivity contribution in [2.24, 2.45) is 0 Å². The summed E-state index contributed by atoms with van der Waals surface area (Å²) in [6.07, 6.45) is 4.24. The largest absolute Gasteiger partial charge is 0.309 e. The minimum Gasteiger partial charge on any atom is -0.309 e. The zero-order valence-electron chi connectivity index (χ0n) is 17.1. The smallest absolute Gasteiger partial charge is 0.123 e. The summed E-state index contributed by atoms with van der Waals surface area (Å²) in [7, 11) is 0. The van der Waals surface area contributed by atoms with Crippen LogP contribution < -0.4 is 5.32 Å². The molecular weight excluding hydrogens is 365 g/mol. The number of halogens is 1. The second-order valence-corrected chi connectivity index (χ2v) is 7.81. The van der Waals surface area contributed by atoms with Crippen molar-refractivity contribution in [3.05, 3.63) is 77.1 Å². The van der Waals surface area contributed by atoms with Gasteiger partial charge in [-0.2, -0.15) is 5.10 Å². The highest BCUT2D eigenvalue weighted by Crippen LogP contribution is 2.19. The van der Waals surface area contributed by atoms with E-state index in [4.69, 9.17) is 0 Å². The molecule has 1 saturated heterocycles. The molecule has 0 radical (unpaired) electrons. The van der Waals surface area contributed by atoms with Gasteiger partial charge in [-0.3, -0.25) is 9.88 Å². The van der Waals surface area contributed by atoms with Crippen molar-refractivity contribution in [2.45, 2.75) is 45.8 Å². The minimum absolute atomic E-state index is 0.232. The molecule has 0 spiro atoms. The Morgan fingerprint density at radius 2 is 1.97 bits per heavy atom. The second-order valence-electron chi connectivity index (χ2n) is 7.81. The molecule has 6 heteroatoms. The third-order valence-corrected chi connectivity index (χ3v) is 5.70. The molecule has 152 valence electrons. The summed E-state index contributed by atoms with van der Waals surface area (Å²) >= 11 is 0. The molecule has 1 aliphatic heterocycles. The Kier molecular flexibility index (Phi) is 6.02. The average Bonchev–Trinajstić information content (AvgIpc) is 3.02. The number of aryl methyl sites for hydroxylation is 1. The summed E-state index contributed by atoms with van der Waals surface area (Å²) in [5, 5.41) is 8.41. The van der Waals surface area contributed by atoms with Crippen molar-refractivity contribution in [3.63, 3.8) is 0 Å². The highest BCUT2D eigenvalue weighted by atomic mass is 19.1. The molecule has 0 aliphatic carbocycles. The lowest BCUT2D eigenvalue weighted by atomic mass is 10.0. The maximum absolute atomic E-state index is 13.2. The summed E-state index contributed by atoms with van der Waals surface area (Å²) < 4.78 is 15.1. The van der Waals surface area contributed by atoms with Crippen LogP contribution in [-0.4, -0.2) is 38.8 Å². The van der Waals surface area contributed by atoms with Crippen molar-refractivity contribution in [1.29, 1.82) is 0 Å². The molecule has 3 heterocycles. The summed E-state index contributed by atoms with van der Waals surface area (Å²) in [6, 6.07) is 13.0. The zero-order chi connectivity index (χ0) is 20.2. The van der Waals surface area contributed by atoms with E-state index in [0.29, 0.717) is 6.04 Å². The van der Waals surface area contributed by atoms with E-state index in [9.17, 15) is 4.39 Å². The lowest BCUT2D eigenvalue weighted by molar-refractivity contribution is 0.181. The van der Waals surface area contributed by atoms with Crippen LogP contribution in [0.2, 0.25) is 0 Å². The first-order chi connectivity index (χ1) is 14.1. The summed E-state index contributed by atoms with van der Waals surface area (Å²) in [5.74, 6) is -0.232. The highest BCUT2D eigenvalue weighted by Gasteiger charge is 2.21. The van der Waals surface area contributed by atoms with Crippen LogP contribution in [0.25, 0.3) is 5.69 Å². The van der Waals surface area contributed by atoms with Crippen LogP contribution in [0.5, 0.6) is 0 Å². The highest BCUT2D eigenvalue weighted by molar-refractivity contribution is 5.37. The fourth-order valence-corrected chi connectivity index (χ4v) is 4.10. The number of aromatic nitrogens is 3. The van der Waals surface area contributed by atoms with Gasteiger partial charge in [-0.1, -0.05) is 6.07 Å². The maximum atomic E-state index is 13.2. The van der Waals surface area contributed by atoms with Gasteiger partial charge in [0.2, 0.25) is 0 Å². The van der Waals surface area contributed by atoms with Gasteiger partial charge in [0.15, 0.2) is 0 Å². The first-order valence-corrected chi connectivity index (χ1v) is 10.3. The van der Waals surface area contributed by atoms with Gasteiger partial charge in [0.05, 0.1) is 17.1 Å². The quantitative estimate of drug-likeness (QED) is 0.692. The fraction of sp³-hybridized carbons (Fsp3) is 0.391. The first kappa shape index (κ1) is 19.7. The SMILES string of the molecule is Cc1nn(-c2ccc(F)cc2)c(C)c1CNC1CCCN(Cc2ccccn2)C1. The van der Waals surface area contributed by atoms with E-state index in [1.165, 1.54) is 30.5 Å². The zero-order valence-corrected chi connectivity index (χ0v) is 17.1. The third kappa shape index (κ3) is 4.71. The van der Waals surface area contributed by atoms with Gasteiger partial charge in [0, 0.05) is 43.1 Å². The third-order valence-electron chi connectivity index (χ3n) is 5.70. The lowest BCUT2D eigenvalue weighted by Crippen LogP contribution is -2.45. The summed E-state index contributed by atoms with van der Waals surface area (Å²) in [6.45, 7) is 7.96. The van der Waals surface area contributed by atoms with Crippen LogP contribution in [0.4, 0.5) is 4.39 Å². The Bertz CT molecular complexity index is 936. The second kappa shape index (κ2) is 8.84.